The maximum absolute atomic E-state index is 10.3. The summed E-state index contributed by atoms with van der Waals surface area (Å²) in [6, 6.07) is 0. The first-order valence-corrected chi connectivity index (χ1v) is 2.88. The van der Waals surface area contributed by atoms with E-state index in [0.29, 0.717) is 0 Å². The van der Waals surface area contributed by atoms with Crippen molar-refractivity contribution in [2.75, 3.05) is 0 Å². The average Bonchev–Trinajstić information content (AvgIpc) is 2.03. The zero-order chi connectivity index (χ0) is 11.3. The van der Waals surface area contributed by atoms with Crippen LogP contribution < -0.4 is 56.4 Å². The quantitative estimate of drug-likeness (QED) is 0.356. The summed E-state index contributed by atoms with van der Waals surface area (Å²) in [6.07, 6.45) is 0. The second-order valence-electron chi connectivity index (χ2n) is 1.71. The molecule has 0 aromatic heterocycles. The van der Waals surface area contributed by atoms with Crippen LogP contribution in [0.3, 0.4) is 0 Å². The van der Waals surface area contributed by atoms with E-state index < -0.39 is 31.2 Å². The molecule has 0 aliphatic rings. The Morgan fingerprint density at radius 3 is 1.40 bits per heavy atom. The Labute approximate surface area is 125 Å². The topological polar surface area (TPSA) is 150 Å². The molecular formula is C4H2BKO9. The molecule has 0 spiro atoms. The number of aliphatic carboxylic acids is 2. The van der Waals surface area contributed by atoms with E-state index in [1.807, 2.05) is 0 Å². The fourth-order valence-corrected chi connectivity index (χ4v) is 0.300. The largest absolute Gasteiger partial charge is 1.00 e. The molecule has 0 aliphatic heterocycles. The number of rotatable bonds is 2. The molecule has 0 saturated carbocycles. The van der Waals surface area contributed by atoms with E-state index in [4.69, 9.17) is 10.2 Å². The SMILES string of the molecule is O=C(O)C(=O)OB([O-])OC(=O)C(=O)O.[K+]. The Morgan fingerprint density at radius 1 is 0.933 bits per heavy atom. The summed E-state index contributed by atoms with van der Waals surface area (Å²) in [6.45, 7) is 0. The first-order valence-electron chi connectivity index (χ1n) is 2.88. The van der Waals surface area contributed by atoms with Crippen molar-refractivity contribution < 1.29 is 95.1 Å². The van der Waals surface area contributed by atoms with E-state index in [9.17, 15) is 24.2 Å². The third-order valence-electron chi connectivity index (χ3n) is 0.756. The van der Waals surface area contributed by atoms with E-state index in [1.165, 1.54) is 0 Å². The van der Waals surface area contributed by atoms with Gasteiger partial charge >= 0.3 is 82.6 Å². The molecule has 0 aromatic carbocycles. The van der Waals surface area contributed by atoms with Crippen LogP contribution in [-0.4, -0.2) is 41.4 Å². The van der Waals surface area contributed by atoms with Gasteiger partial charge in [0.1, 0.15) is 0 Å². The molecule has 9 nitrogen and oxygen atoms in total. The second kappa shape index (κ2) is 7.78. The molecule has 0 rings (SSSR count). The normalized spacial score (nSPS) is 8.07. The van der Waals surface area contributed by atoms with Crippen LogP contribution in [0.25, 0.3) is 0 Å². The van der Waals surface area contributed by atoms with Crippen molar-refractivity contribution in [3.05, 3.63) is 0 Å². The summed E-state index contributed by atoms with van der Waals surface area (Å²) in [7, 11) is -2.82. The van der Waals surface area contributed by atoms with Crippen molar-refractivity contribution in [2.24, 2.45) is 0 Å². The number of hydrogen-bond donors (Lipinski definition) is 2. The van der Waals surface area contributed by atoms with Crippen LogP contribution in [0.15, 0.2) is 0 Å². The maximum atomic E-state index is 10.3. The third-order valence-corrected chi connectivity index (χ3v) is 0.756. The van der Waals surface area contributed by atoms with Gasteiger partial charge in [0.05, 0.1) is 0 Å². The summed E-state index contributed by atoms with van der Waals surface area (Å²) in [5.41, 5.74) is 0. The molecule has 76 valence electrons. The Balaban J connectivity index is 0. The summed E-state index contributed by atoms with van der Waals surface area (Å²) in [4.78, 5) is 39.9. The summed E-state index contributed by atoms with van der Waals surface area (Å²) < 4.78 is 6.86. The maximum Gasteiger partial charge on any atom is 1.00 e. The van der Waals surface area contributed by atoms with Crippen molar-refractivity contribution in [3.63, 3.8) is 0 Å². The van der Waals surface area contributed by atoms with E-state index in [2.05, 4.69) is 9.31 Å². The Kier molecular flexibility index (Phi) is 8.80. The van der Waals surface area contributed by atoms with Gasteiger partial charge in [-0.15, -0.1) is 0 Å². The number of carboxylic acid groups (broad SMARTS) is 2. The van der Waals surface area contributed by atoms with Crippen molar-refractivity contribution in [1.82, 2.24) is 0 Å². The van der Waals surface area contributed by atoms with Crippen molar-refractivity contribution >= 4 is 31.2 Å². The van der Waals surface area contributed by atoms with Gasteiger partial charge in [0.2, 0.25) is 0 Å². The molecule has 0 heterocycles. The van der Waals surface area contributed by atoms with E-state index in [1.54, 1.807) is 0 Å². The van der Waals surface area contributed by atoms with Crippen LogP contribution in [0, 0.1) is 0 Å². The van der Waals surface area contributed by atoms with Gasteiger partial charge in [0.15, 0.2) is 0 Å². The minimum atomic E-state index is -2.82. The van der Waals surface area contributed by atoms with Crippen LogP contribution in [0.5, 0.6) is 0 Å². The molecule has 0 unspecified atom stereocenters. The predicted octanol–water partition coefficient (Wildman–Crippen LogP) is -6.41. The predicted molar refractivity (Wildman–Crippen MR) is 33.2 cm³/mol. The standard InChI is InChI=1S/C4H2BO9.K/c6-1(7)3(10)13-5(12)14-4(11)2(8)9;/h(H,6,7)(H,8,9);/q-1;+1. The van der Waals surface area contributed by atoms with Crippen molar-refractivity contribution in [3.8, 4) is 0 Å². The fraction of sp³-hybridized carbons (Fsp3) is 0. The molecule has 0 fully saturated rings. The molecule has 0 amide bonds. The van der Waals surface area contributed by atoms with Gasteiger partial charge in [-0.25, -0.2) is 19.2 Å². The monoisotopic (exact) mass is 244 g/mol. The summed E-state index contributed by atoms with van der Waals surface area (Å²) in [5, 5.41) is 26.2. The molecule has 0 bridgehead atoms. The average molecular weight is 244 g/mol. The smallest absolute Gasteiger partial charge is 0.808 e. The van der Waals surface area contributed by atoms with Crippen LogP contribution in [-0.2, 0) is 28.5 Å². The van der Waals surface area contributed by atoms with Crippen LogP contribution in [0.2, 0.25) is 0 Å². The molecule has 0 saturated heterocycles. The third kappa shape index (κ3) is 7.47. The number of carbonyl (C=O) groups is 4. The summed E-state index contributed by atoms with van der Waals surface area (Å²) >= 11 is 0. The van der Waals surface area contributed by atoms with Gasteiger partial charge in [0, 0.05) is 0 Å². The second-order valence-corrected chi connectivity index (χ2v) is 1.71. The van der Waals surface area contributed by atoms with Gasteiger partial charge in [-0.3, -0.25) is 0 Å². The zero-order valence-electron chi connectivity index (χ0n) is 7.33. The van der Waals surface area contributed by atoms with Gasteiger partial charge < -0.3 is 24.5 Å². The molecule has 0 radical (unpaired) electrons. The van der Waals surface area contributed by atoms with E-state index in [-0.39, 0.29) is 51.4 Å². The summed E-state index contributed by atoms with van der Waals surface area (Å²) in [5.74, 6) is -8.05. The van der Waals surface area contributed by atoms with Gasteiger partial charge in [-0.1, -0.05) is 0 Å². The van der Waals surface area contributed by atoms with Gasteiger partial charge in [0.25, 0.3) is 0 Å². The first kappa shape index (κ1) is 17.0. The molecule has 15 heavy (non-hydrogen) atoms. The molecule has 2 N–H and O–H groups in total. The minimum Gasteiger partial charge on any atom is -0.808 e. The first-order chi connectivity index (χ1) is 6.34. The Morgan fingerprint density at radius 2 is 1.20 bits per heavy atom. The van der Waals surface area contributed by atoms with Crippen LogP contribution in [0.4, 0.5) is 0 Å². The Bertz CT molecular complexity index is 260. The fourth-order valence-electron chi connectivity index (χ4n) is 0.300. The van der Waals surface area contributed by atoms with E-state index >= 15 is 0 Å². The molecule has 0 aromatic rings. The number of carboxylic acids is 2. The molecule has 11 heteroatoms. The molecular weight excluding hydrogens is 242 g/mol. The van der Waals surface area contributed by atoms with Crippen LogP contribution in [0.1, 0.15) is 0 Å². The zero-order valence-corrected chi connectivity index (χ0v) is 10.5. The van der Waals surface area contributed by atoms with Crippen molar-refractivity contribution in [1.29, 1.82) is 0 Å². The van der Waals surface area contributed by atoms with E-state index in [0.717, 1.165) is 0 Å². The van der Waals surface area contributed by atoms with Crippen LogP contribution >= 0.6 is 0 Å². The van der Waals surface area contributed by atoms with Crippen molar-refractivity contribution in [2.45, 2.75) is 0 Å². The molecule has 0 aliphatic carbocycles. The Hall–Kier alpha value is -0.459. The minimum absolute atomic E-state index is 0. The number of carbonyl (C=O) groups excluding carboxylic acids is 2. The molecule has 0 atom stereocenters. The van der Waals surface area contributed by atoms with Gasteiger partial charge in [-0.2, -0.15) is 0 Å². The van der Waals surface area contributed by atoms with Gasteiger partial charge in [-0.05, 0) is 0 Å². The number of hydrogen-bond acceptors (Lipinski definition) is 7.